The molecule has 1 aliphatic rings. The van der Waals surface area contributed by atoms with Gasteiger partial charge in [0.25, 0.3) is 0 Å². The van der Waals surface area contributed by atoms with Crippen LogP contribution in [-0.2, 0) is 16.1 Å². The van der Waals surface area contributed by atoms with Crippen molar-refractivity contribution in [3.63, 3.8) is 0 Å². The predicted molar refractivity (Wildman–Crippen MR) is 70.2 cm³/mol. The fourth-order valence-electron chi connectivity index (χ4n) is 1.97. The molecule has 4 N–H and O–H groups in total. The first-order valence-corrected chi connectivity index (χ1v) is 6.15. The molecule has 1 amide bonds. The summed E-state index contributed by atoms with van der Waals surface area (Å²) in [5.74, 6) is -0.0669. The Labute approximate surface area is 107 Å². The third kappa shape index (κ3) is 3.07. The van der Waals surface area contributed by atoms with E-state index in [0.717, 1.165) is 11.3 Å². The Morgan fingerprint density at radius 1 is 1.50 bits per heavy atom. The van der Waals surface area contributed by atoms with Crippen LogP contribution in [-0.4, -0.2) is 31.2 Å². The molecule has 0 aromatic heterocycles. The van der Waals surface area contributed by atoms with Crippen LogP contribution in [0.2, 0.25) is 0 Å². The number of benzene rings is 1. The Hall–Kier alpha value is -1.43. The van der Waals surface area contributed by atoms with Crippen molar-refractivity contribution in [3.05, 3.63) is 29.8 Å². The molecule has 98 valence electrons. The quantitative estimate of drug-likeness (QED) is 0.727. The molecule has 0 unspecified atom stereocenters. The molecular weight excluding hydrogens is 230 g/mol. The summed E-state index contributed by atoms with van der Waals surface area (Å²) < 4.78 is 5.45. The average molecular weight is 249 g/mol. The van der Waals surface area contributed by atoms with Gasteiger partial charge >= 0.3 is 0 Å². The molecule has 0 radical (unpaired) electrons. The van der Waals surface area contributed by atoms with Gasteiger partial charge < -0.3 is 21.1 Å². The lowest BCUT2D eigenvalue weighted by atomic mass is 10.1. The van der Waals surface area contributed by atoms with Crippen molar-refractivity contribution < 1.29 is 9.53 Å². The highest BCUT2D eigenvalue weighted by molar-refractivity contribution is 5.95. The molecule has 2 atom stereocenters. The molecule has 1 fully saturated rings. The molecule has 1 aromatic carbocycles. The number of morpholine rings is 1. The maximum atomic E-state index is 12.1. The Kier molecular flexibility index (Phi) is 4.30. The molecule has 0 saturated carbocycles. The average Bonchev–Trinajstić information content (AvgIpc) is 2.40. The van der Waals surface area contributed by atoms with E-state index in [2.05, 4.69) is 10.6 Å². The Balaban J connectivity index is 1.97. The molecule has 1 saturated heterocycles. The van der Waals surface area contributed by atoms with Crippen LogP contribution in [0.3, 0.4) is 0 Å². The van der Waals surface area contributed by atoms with Crippen molar-refractivity contribution in [1.29, 1.82) is 0 Å². The number of ether oxygens (including phenoxy) is 1. The van der Waals surface area contributed by atoms with E-state index in [4.69, 9.17) is 10.5 Å². The summed E-state index contributed by atoms with van der Waals surface area (Å²) in [6, 6.07) is 7.23. The number of nitrogens with two attached hydrogens (primary N) is 1. The number of carbonyl (C=O) groups is 1. The van der Waals surface area contributed by atoms with Gasteiger partial charge in [-0.05, 0) is 24.6 Å². The molecule has 0 spiro atoms. The molecule has 5 heteroatoms. The van der Waals surface area contributed by atoms with Crippen molar-refractivity contribution in [3.8, 4) is 0 Å². The van der Waals surface area contributed by atoms with Crippen LogP contribution >= 0.6 is 0 Å². The number of hydrogen-bond acceptors (Lipinski definition) is 4. The van der Waals surface area contributed by atoms with Crippen LogP contribution in [0, 0.1) is 0 Å². The summed E-state index contributed by atoms with van der Waals surface area (Å²) in [4.78, 5) is 12.1. The van der Waals surface area contributed by atoms with Crippen molar-refractivity contribution in [1.82, 2.24) is 5.32 Å². The minimum absolute atomic E-state index is 0.0669. The SMILES string of the molecule is C[C@H]1OCCN[C@@H]1C(=O)Nc1ccc(CN)cc1. The lowest BCUT2D eigenvalue weighted by Crippen LogP contribution is -2.53. The molecule has 18 heavy (non-hydrogen) atoms. The maximum Gasteiger partial charge on any atom is 0.244 e. The molecule has 0 bridgehead atoms. The number of amides is 1. The molecule has 0 aliphatic carbocycles. The van der Waals surface area contributed by atoms with Gasteiger partial charge in [0.1, 0.15) is 6.04 Å². The second kappa shape index (κ2) is 5.95. The van der Waals surface area contributed by atoms with Crippen molar-refractivity contribution in [2.75, 3.05) is 18.5 Å². The standard InChI is InChI=1S/C13H19N3O2/c1-9-12(15-6-7-18-9)13(17)16-11-4-2-10(8-14)3-5-11/h2-5,9,12,15H,6-8,14H2,1H3,(H,16,17)/t9-,12+/m1/s1. The smallest absolute Gasteiger partial charge is 0.244 e. The zero-order valence-corrected chi connectivity index (χ0v) is 10.5. The summed E-state index contributed by atoms with van der Waals surface area (Å²) in [6.45, 7) is 3.75. The normalized spacial score (nSPS) is 23.7. The molecule has 1 aliphatic heterocycles. The highest BCUT2D eigenvalue weighted by Crippen LogP contribution is 2.11. The van der Waals surface area contributed by atoms with E-state index in [1.807, 2.05) is 31.2 Å². The number of carbonyl (C=O) groups excluding carboxylic acids is 1. The van der Waals surface area contributed by atoms with Gasteiger partial charge in [-0.1, -0.05) is 12.1 Å². The first-order chi connectivity index (χ1) is 8.70. The van der Waals surface area contributed by atoms with E-state index in [0.29, 0.717) is 19.7 Å². The van der Waals surface area contributed by atoms with E-state index < -0.39 is 0 Å². The Morgan fingerprint density at radius 3 is 2.83 bits per heavy atom. The van der Waals surface area contributed by atoms with Crippen LogP contribution in [0.15, 0.2) is 24.3 Å². The number of rotatable bonds is 3. The Bertz CT molecular complexity index is 405. The zero-order valence-electron chi connectivity index (χ0n) is 10.5. The summed E-state index contributed by atoms with van der Waals surface area (Å²) >= 11 is 0. The minimum atomic E-state index is -0.298. The minimum Gasteiger partial charge on any atom is -0.375 e. The largest absolute Gasteiger partial charge is 0.375 e. The summed E-state index contributed by atoms with van der Waals surface area (Å²) in [6.07, 6.45) is -0.109. The van der Waals surface area contributed by atoms with Gasteiger partial charge in [0, 0.05) is 18.8 Å². The number of nitrogens with one attached hydrogen (secondary N) is 2. The van der Waals surface area contributed by atoms with E-state index in [1.54, 1.807) is 0 Å². The van der Waals surface area contributed by atoms with Gasteiger partial charge in [0.15, 0.2) is 0 Å². The molecule has 2 rings (SSSR count). The van der Waals surface area contributed by atoms with Crippen LogP contribution < -0.4 is 16.4 Å². The highest BCUT2D eigenvalue weighted by atomic mass is 16.5. The molecule has 1 aromatic rings. The molecule has 5 nitrogen and oxygen atoms in total. The van der Waals surface area contributed by atoms with Crippen molar-refractivity contribution >= 4 is 11.6 Å². The van der Waals surface area contributed by atoms with E-state index >= 15 is 0 Å². The highest BCUT2D eigenvalue weighted by Gasteiger charge is 2.28. The lowest BCUT2D eigenvalue weighted by Gasteiger charge is -2.29. The van der Waals surface area contributed by atoms with Gasteiger partial charge in [0.05, 0.1) is 12.7 Å². The lowest BCUT2D eigenvalue weighted by molar-refractivity contribution is -0.123. The van der Waals surface area contributed by atoms with E-state index in [1.165, 1.54) is 0 Å². The maximum absolute atomic E-state index is 12.1. The van der Waals surface area contributed by atoms with Crippen LogP contribution in [0.5, 0.6) is 0 Å². The molecular formula is C13H19N3O2. The third-order valence-electron chi connectivity index (χ3n) is 3.06. The second-order valence-corrected chi connectivity index (χ2v) is 4.40. The van der Waals surface area contributed by atoms with Crippen molar-refractivity contribution in [2.24, 2.45) is 5.73 Å². The summed E-state index contributed by atoms with van der Waals surface area (Å²) in [5.41, 5.74) is 7.34. The monoisotopic (exact) mass is 249 g/mol. The van der Waals surface area contributed by atoms with Gasteiger partial charge in [-0.2, -0.15) is 0 Å². The third-order valence-corrected chi connectivity index (χ3v) is 3.06. The second-order valence-electron chi connectivity index (χ2n) is 4.40. The zero-order chi connectivity index (χ0) is 13.0. The summed E-state index contributed by atoms with van der Waals surface area (Å²) in [7, 11) is 0. The van der Waals surface area contributed by atoms with E-state index in [-0.39, 0.29) is 18.1 Å². The summed E-state index contributed by atoms with van der Waals surface area (Å²) in [5, 5.41) is 6.03. The number of hydrogen-bond donors (Lipinski definition) is 3. The van der Waals surface area contributed by atoms with Crippen LogP contribution in [0.4, 0.5) is 5.69 Å². The first kappa shape index (κ1) is 13.0. The predicted octanol–water partition coefficient (Wildman–Crippen LogP) is 0.461. The van der Waals surface area contributed by atoms with Gasteiger partial charge in [-0.25, -0.2) is 0 Å². The van der Waals surface area contributed by atoms with Crippen LogP contribution in [0.1, 0.15) is 12.5 Å². The first-order valence-electron chi connectivity index (χ1n) is 6.15. The van der Waals surface area contributed by atoms with Gasteiger partial charge in [-0.15, -0.1) is 0 Å². The topological polar surface area (TPSA) is 76.4 Å². The fraction of sp³-hybridized carbons (Fsp3) is 0.462. The van der Waals surface area contributed by atoms with Gasteiger partial charge in [-0.3, -0.25) is 4.79 Å². The Morgan fingerprint density at radius 2 is 2.22 bits per heavy atom. The van der Waals surface area contributed by atoms with Crippen LogP contribution in [0.25, 0.3) is 0 Å². The fourth-order valence-corrected chi connectivity index (χ4v) is 1.97. The van der Waals surface area contributed by atoms with E-state index in [9.17, 15) is 4.79 Å². The van der Waals surface area contributed by atoms with Crippen molar-refractivity contribution in [2.45, 2.75) is 25.6 Å². The molecule has 1 heterocycles. The number of anilines is 1. The van der Waals surface area contributed by atoms with Gasteiger partial charge in [0.2, 0.25) is 5.91 Å².